The van der Waals surface area contributed by atoms with E-state index in [4.69, 9.17) is 11.6 Å². The molecule has 3 rings (SSSR count). The average Bonchev–Trinajstić information content (AvgIpc) is 2.64. The van der Waals surface area contributed by atoms with Crippen LogP contribution in [0, 0.1) is 20.8 Å². The van der Waals surface area contributed by atoms with Crippen LogP contribution in [0.4, 0.5) is 21.9 Å². The molecular formula is C22H22ClN3O3S. The number of carbonyl (C=O) groups is 1. The van der Waals surface area contributed by atoms with Crippen LogP contribution in [0.3, 0.4) is 0 Å². The lowest BCUT2D eigenvalue weighted by atomic mass is 10.1. The fraction of sp³-hybridized carbons (Fsp3) is 0.136. The Kier molecular flexibility index (Phi) is 6.34. The van der Waals surface area contributed by atoms with Crippen LogP contribution in [0.2, 0.25) is 5.02 Å². The first-order valence-corrected chi connectivity index (χ1v) is 11.0. The molecule has 156 valence electrons. The maximum Gasteiger partial charge on any atom is 0.323 e. The van der Waals surface area contributed by atoms with Crippen molar-refractivity contribution in [1.82, 2.24) is 0 Å². The lowest BCUT2D eigenvalue weighted by molar-refractivity contribution is 0.262. The molecule has 0 aliphatic heterocycles. The largest absolute Gasteiger partial charge is 0.323 e. The number of rotatable bonds is 5. The van der Waals surface area contributed by atoms with E-state index >= 15 is 0 Å². The minimum absolute atomic E-state index is 0.0710. The molecule has 0 atom stereocenters. The molecule has 0 radical (unpaired) electrons. The minimum atomic E-state index is -3.85. The van der Waals surface area contributed by atoms with E-state index in [-0.39, 0.29) is 4.90 Å². The van der Waals surface area contributed by atoms with E-state index in [0.29, 0.717) is 27.6 Å². The summed E-state index contributed by atoms with van der Waals surface area (Å²) < 4.78 is 28.2. The van der Waals surface area contributed by atoms with Gasteiger partial charge in [-0.3, -0.25) is 4.72 Å². The SMILES string of the molecule is Cc1cc(C)cc(NC(=O)Nc2ccc(C)c(S(=O)(=O)Nc3ccc(Cl)cc3)c2)c1. The maximum absolute atomic E-state index is 12.8. The van der Waals surface area contributed by atoms with Gasteiger partial charge in [-0.15, -0.1) is 0 Å². The van der Waals surface area contributed by atoms with Gasteiger partial charge < -0.3 is 10.6 Å². The maximum atomic E-state index is 12.8. The molecule has 30 heavy (non-hydrogen) atoms. The summed E-state index contributed by atoms with van der Waals surface area (Å²) in [5, 5.41) is 5.95. The van der Waals surface area contributed by atoms with E-state index in [0.717, 1.165) is 11.1 Å². The summed E-state index contributed by atoms with van der Waals surface area (Å²) in [5.74, 6) is 0. The van der Waals surface area contributed by atoms with Crippen molar-refractivity contribution in [3.8, 4) is 0 Å². The Labute approximate surface area is 181 Å². The molecule has 8 heteroatoms. The second kappa shape index (κ2) is 8.77. The average molecular weight is 444 g/mol. The lowest BCUT2D eigenvalue weighted by Gasteiger charge is -2.13. The minimum Gasteiger partial charge on any atom is -0.308 e. The predicted octanol–water partition coefficient (Wildman–Crippen LogP) is 5.71. The van der Waals surface area contributed by atoms with Crippen LogP contribution in [0.25, 0.3) is 0 Å². The van der Waals surface area contributed by atoms with Gasteiger partial charge in [0.15, 0.2) is 0 Å². The smallest absolute Gasteiger partial charge is 0.308 e. The number of halogens is 1. The zero-order chi connectivity index (χ0) is 21.9. The number of hydrogen-bond donors (Lipinski definition) is 3. The second-order valence-corrected chi connectivity index (χ2v) is 9.14. The highest BCUT2D eigenvalue weighted by Gasteiger charge is 2.18. The van der Waals surface area contributed by atoms with Crippen molar-refractivity contribution in [1.29, 1.82) is 0 Å². The summed E-state index contributed by atoms with van der Waals surface area (Å²) in [5.41, 5.74) is 4.03. The molecule has 0 aliphatic carbocycles. The third-order valence-electron chi connectivity index (χ3n) is 4.31. The molecule has 0 bridgehead atoms. The number of amides is 2. The van der Waals surface area contributed by atoms with E-state index in [1.807, 2.05) is 32.0 Å². The molecule has 0 spiro atoms. The molecule has 0 aliphatic rings. The van der Waals surface area contributed by atoms with E-state index in [9.17, 15) is 13.2 Å². The van der Waals surface area contributed by atoms with Gasteiger partial charge in [-0.1, -0.05) is 23.7 Å². The molecule has 0 heterocycles. The summed E-state index contributed by atoms with van der Waals surface area (Å²) in [7, 11) is -3.85. The van der Waals surface area contributed by atoms with Crippen molar-refractivity contribution in [2.24, 2.45) is 0 Å². The van der Waals surface area contributed by atoms with Crippen molar-refractivity contribution in [2.75, 3.05) is 15.4 Å². The van der Waals surface area contributed by atoms with Crippen LogP contribution < -0.4 is 15.4 Å². The van der Waals surface area contributed by atoms with Crippen molar-refractivity contribution in [3.05, 3.63) is 82.4 Å². The van der Waals surface area contributed by atoms with E-state index in [1.54, 1.807) is 43.3 Å². The monoisotopic (exact) mass is 443 g/mol. The number of anilines is 3. The molecule has 0 aromatic heterocycles. The Balaban J connectivity index is 1.78. The van der Waals surface area contributed by atoms with Crippen molar-refractivity contribution in [2.45, 2.75) is 25.7 Å². The van der Waals surface area contributed by atoms with E-state index in [1.165, 1.54) is 6.07 Å². The number of urea groups is 1. The van der Waals surface area contributed by atoms with Crippen LogP contribution in [0.5, 0.6) is 0 Å². The number of sulfonamides is 1. The molecule has 2 amide bonds. The van der Waals surface area contributed by atoms with Gasteiger partial charge in [0, 0.05) is 22.1 Å². The zero-order valence-corrected chi connectivity index (χ0v) is 18.4. The first-order valence-electron chi connectivity index (χ1n) is 9.18. The molecular weight excluding hydrogens is 422 g/mol. The van der Waals surface area contributed by atoms with Gasteiger partial charge in [0.25, 0.3) is 10.0 Å². The molecule has 0 fully saturated rings. The van der Waals surface area contributed by atoms with Crippen LogP contribution in [-0.2, 0) is 10.0 Å². The van der Waals surface area contributed by atoms with Crippen molar-refractivity contribution >= 4 is 44.7 Å². The number of benzene rings is 3. The van der Waals surface area contributed by atoms with Gasteiger partial charge in [0.05, 0.1) is 4.90 Å². The van der Waals surface area contributed by atoms with Crippen LogP contribution >= 0.6 is 11.6 Å². The highest BCUT2D eigenvalue weighted by atomic mass is 35.5. The standard InChI is InChI=1S/C22H22ClN3O3S/c1-14-10-15(2)12-20(11-14)25-22(27)24-19-7-4-16(3)21(13-19)30(28,29)26-18-8-5-17(23)6-9-18/h4-13,26H,1-3H3,(H2,24,25,27). The normalized spacial score (nSPS) is 11.1. The molecule has 0 unspecified atom stereocenters. The van der Waals surface area contributed by atoms with Gasteiger partial charge >= 0.3 is 6.03 Å². The highest BCUT2D eigenvalue weighted by Crippen LogP contribution is 2.24. The highest BCUT2D eigenvalue weighted by molar-refractivity contribution is 7.92. The lowest BCUT2D eigenvalue weighted by Crippen LogP contribution is -2.20. The number of hydrogen-bond acceptors (Lipinski definition) is 3. The quantitative estimate of drug-likeness (QED) is 0.472. The summed E-state index contributed by atoms with van der Waals surface area (Å²) in [6, 6.07) is 16.3. The summed E-state index contributed by atoms with van der Waals surface area (Å²) in [6.07, 6.45) is 0. The van der Waals surface area contributed by atoms with Crippen LogP contribution in [0.1, 0.15) is 16.7 Å². The molecule has 0 saturated heterocycles. The summed E-state index contributed by atoms with van der Waals surface area (Å²) in [6.45, 7) is 5.58. The first-order chi connectivity index (χ1) is 14.1. The predicted molar refractivity (Wildman–Crippen MR) is 122 cm³/mol. The van der Waals surface area contributed by atoms with Gasteiger partial charge in [0.1, 0.15) is 0 Å². The van der Waals surface area contributed by atoms with Gasteiger partial charge in [-0.05, 0) is 86.0 Å². The number of carbonyl (C=O) groups excluding carboxylic acids is 1. The Morgan fingerprint density at radius 2 is 1.33 bits per heavy atom. The Morgan fingerprint density at radius 1 is 0.767 bits per heavy atom. The van der Waals surface area contributed by atoms with Crippen LogP contribution in [-0.4, -0.2) is 14.4 Å². The molecule has 6 nitrogen and oxygen atoms in total. The molecule has 0 saturated carbocycles. The topological polar surface area (TPSA) is 87.3 Å². The van der Waals surface area contributed by atoms with Gasteiger partial charge in [0.2, 0.25) is 0 Å². The Bertz CT molecular complexity index is 1170. The third-order valence-corrected chi connectivity index (χ3v) is 6.09. The third kappa shape index (κ3) is 5.52. The van der Waals surface area contributed by atoms with E-state index in [2.05, 4.69) is 15.4 Å². The summed E-state index contributed by atoms with van der Waals surface area (Å²) >= 11 is 5.85. The Morgan fingerprint density at radius 3 is 1.97 bits per heavy atom. The fourth-order valence-corrected chi connectivity index (χ4v) is 4.49. The molecule has 3 aromatic rings. The molecule has 3 aromatic carbocycles. The van der Waals surface area contributed by atoms with E-state index < -0.39 is 16.1 Å². The van der Waals surface area contributed by atoms with Crippen molar-refractivity contribution in [3.63, 3.8) is 0 Å². The fourth-order valence-electron chi connectivity index (χ4n) is 3.04. The Hall–Kier alpha value is -3.03. The first kappa shape index (κ1) is 21.7. The zero-order valence-electron chi connectivity index (χ0n) is 16.8. The van der Waals surface area contributed by atoms with Crippen molar-refractivity contribution < 1.29 is 13.2 Å². The second-order valence-electron chi connectivity index (χ2n) is 7.05. The number of aryl methyl sites for hydroxylation is 3. The number of nitrogens with one attached hydrogen (secondary N) is 3. The van der Waals surface area contributed by atoms with Gasteiger partial charge in [-0.2, -0.15) is 0 Å². The molecule has 3 N–H and O–H groups in total. The summed E-state index contributed by atoms with van der Waals surface area (Å²) in [4.78, 5) is 12.4. The van der Waals surface area contributed by atoms with Gasteiger partial charge in [-0.25, -0.2) is 13.2 Å². The van der Waals surface area contributed by atoms with Crippen LogP contribution in [0.15, 0.2) is 65.6 Å².